The van der Waals surface area contributed by atoms with Crippen LogP contribution in [0.5, 0.6) is 11.5 Å². The zero-order valence-corrected chi connectivity index (χ0v) is 11.9. The highest BCUT2D eigenvalue weighted by molar-refractivity contribution is 5.69. The average Bonchev–Trinajstić information content (AvgIpc) is 2.34. The van der Waals surface area contributed by atoms with E-state index in [-0.39, 0.29) is 11.5 Å². The number of nitrogens with one attached hydrogen (secondary N) is 1. The van der Waals surface area contributed by atoms with Crippen LogP contribution in [0.25, 0.3) is 0 Å². The first kappa shape index (κ1) is 15.6. The Morgan fingerprint density at radius 1 is 1.45 bits per heavy atom. The van der Waals surface area contributed by atoms with Crippen molar-refractivity contribution in [3.8, 4) is 17.6 Å². The molecule has 1 amide bonds. The number of methoxy groups -OCH3 is 1. The third kappa shape index (κ3) is 4.35. The molecule has 20 heavy (non-hydrogen) atoms. The lowest BCUT2D eigenvalue weighted by molar-refractivity contribution is 0.0515. The molecule has 1 aromatic carbocycles. The van der Waals surface area contributed by atoms with E-state index in [9.17, 15) is 9.90 Å². The summed E-state index contributed by atoms with van der Waals surface area (Å²) in [4.78, 5) is 11.7. The van der Waals surface area contributed by atoms with E-state index in [2.05, 4.69) is 5.32 Å². The molecule has 0 fully saturated rings. The van der Waals surface area contributed by atoms with Crippen molar-refractivity contribution in [1.82, 2.24) is 5.32 Å². The zero-order chi connectivity index (χ0) is 15.3. The number of rotatable bonds is 3. The Labute approximate surface area is 117 Å². The standard InChI is InChI=1S/C14H18N2O4/c1-14(2,3)20-13(18)16-10(8-15)9-5-6-11(17)12(7-9)19-4/h5-7,10,17H,1-4H3,(H,16,18). The minimum atomic E-state index is -0.889. The van der Waals surface area contributed by atoms with Gasteiger partial charge in [0.05, 0.1) is 13.2 Å². The number of nitriles is 1. The molecule has 1 aromatic rings. The second kappa shape index (κ2) is 6.15. The number of phenolic OH excluding ortho intramolecular Hbond substituents is 1. The van der Waals surface area contributed by atoms with Crippen molar-refractivity contribution >= 4 is 6.09 Å². The Bertz CT molecular complexity index is 529. The van der Waals surface area contributed by atoms with Crippen LogP contribution in [-0.4, -0.2) is 23.9 Å². The Morgan fingerprint density at radius 3 is 2.60 bits per heavy atom. The lowest BCUT2D eigenvalue weighted by Crippen LogP contribution is -2.34. The molecule has 0 aliphatic carbocycles. The number of benzene rings is 1. The van der Waals surface area contributed by atoms with Gasteiger partial charge in [-0.1, -0.05) is 6.07 Å². The van der Waals surface area contributed by atoms with E-state index >= 15 is 0 Å². The van der Waals surface area contributed by atoms with Gasteiger partial charge in [0.25, 0.3) is 0 Å². The van der Waals surface area contributed by atoms with Crippen LogP contribution in [0.2, 0.25) is 0 Å². The Morgan fingerprint density at radius 2 is 2.10 bits per heavy atom. The molecule has 1 unspecified atom stereocenters. The van der Waals surface area contributed by atoms with Crippen LogP contribution < -0.4 is 10.1 Å². The van der Waals surface area contributed by atoms with Crippen molar-refractivity contribution in [1.29, 1.82) is 5.26 Å². The van der Waals surface area contributed by atoms with E-state index in [0.717, 1.165) is 0 Å². The fourth-order valence-electron chi connectivity index (χ4n) is 1.49. The van der Waals surface area contributed by atoms with Gasteiger partial charge in [0.2, 0.25) is 0 Å². The first-order valence-corrected chi connectivity index (χ1v) is 6.03. The minimum absolute atomic E-state index is 0.0368. The quantitative estimate of drug-likeness (QED) is 0.886. The largest absolute Gasteiger partial charge is 0.504 e. The summed E-state index contributed by atoms with van der Waals surface area (Å²) in [6.45, 7) is 5.20. The molecule has 6 heteroatoms. The third-order valence-corrected chi connectivity index (χ3v) is 2.33. The lowest BCUT2D eigenvalue weighted by Gasteiger charge is -2.21. The fraction of sp³-hybridized carbons (Fsp3) is 0.429. The van der Waals surface area contributed by atoms with Crippen molar-refractivity contribution in [2.45, 2.75) is 32.4 Å². The molecule has 2 N–H and O–H groups in total. The van der Waals surface area contributed by atoms with E-state index < -0.39 is 17.7 Å². The number of nitrogens with zero attached hydrogens (tertiary/aromatic N) is 1. The van der Waals surface area contributed by atoms with Crippen molar-refractivity contribution in [2.24, 2.45) is 0 Å². The summed E-state index contributed by atoms with van der Waals surface area (Å²) in [7, 11) is 1.40. The molecule has 0 heterocycles. The molecule has 6 nitrogen and oxygen atoms in total. The predicted molar refractivity (Wildman–Crippen MR) is 72.4 cm³/mol. The normalized spacial score (nSPS) is 12.2. The van der Waals surface area contributed by atoms with E-state index in [1.54, 1.807) is 20.8 Å². The number of hydrogen-bond donors (Lipinski definition) is 2. The predicted octanol–water partition coefficient (Wildman–Crippen LogP) is 2.49. The van der Waals surface area contributed by atoms with Crippen LogP contribution in [0.15, 0.2) is 18.2 Å². The first-order valence-electron chi connectivity index (χ1n) is 6.03. The molecule has 0 aromatic heterocycles. The third-order valence-electron chi connectivity index (χ3n) is 2.33. The molecule has 0 radical (unpaired) electrons. The second-order valence-corrected chi connectivity index (χ2v) is 5.14. The molecule has 0 saturated heterocycles. The average molecular weight is 278 g/mol. The van der Waals surface area contributed by atoms with Crippen molar-refractivity contribution in [3.05, 3.63) is 23.8 Å². The van der Waals surface area contributed by atoms with Crippen molar-refractivity contribution in [3.63, 3.8) is 0 Å². The maximum absolute atomic E-state index is 11.7. The van der Waals surface area contributed by atoms with Gasteiger partial charge >= 0.3 is 6.09 Å². The van der Waals surface area contributed by atoms with Gasteiger partial charge < -0.3 is 19.9 Å². The van der Waals surface area contributed by atoms with Gasteiger partial charge in [-0.25, -0.2) is 4.79 Å². The second-order valence-electron chi connectivity index (χ2n) is 5.14. The molecule has 0 aliphatic rings. The highest BCUT2D eigenvalue weighted by atomic mass is 16.6. The van der Waals surface area contributed by atoms with Crippen LogP contribution in [0, 0.1) is 11.3 Å². The lowest BCUT2D eigenvalue weighted by atomic mass is 10.1. The monoisotopic (exact) mass is 278 g/mol. The van der Waals surface area contributed by atoms with Crippen LogP contribution in [0.4, 0.5) is 4.79 Å². The van der Waals surface area contributed by atoms with Gasteiger partial charge in [-0.2, -0.15) is 5.26 Å². The van der Waals surface area contributed by atoms with Gasteiger partial charge in [-0.05, 0) is 38.5 Å². The molecular formula is C14H18N2O4. The van der Waals surface area contributed by atoms with Crippen LogP contribution in [0.1, 0.15) is 32.4 Å². The van der Waals surface area contributed by atoms with Crippen LogP contribution in [0.3, 0.4) is 0 Å². The number of phenols is 1. The van der Waals surface area contributed by atoms with Crippen molar-refractivity contribution in [2.75, 3.05) is 7.11 Å². The number of carbonyl (C=O) groups excluding carboxylic acids is 1. The molecule has 1 atom stereocenters. The summed E-state index contributed by atoms with van der Waals surface area (Å²) in [6, 6.07) is 5.48. The maximum atomic E-state index is 11.7. The Kier molecular flexibility index (Phi) is 4.81. The van der Waals surface area contributed by atoms with E-state index in [1.807, 2.05) is 6.07 Å². The summed E-state index contributed by atoms with van der Waals surface area (Å²) in [6.07, 6.45) is -0.684. The summed E-state index contributed by atoms with van der Waals surface area (Å²) in [5.74, 6) is 0.193. The minimum Gasteiger partial charge on any atom is -0.504 e. The molecule has 1 rings (SSSR count). The summed E-state index contributed by atoms with van der Waals surface area (Å²) >= 11 is 0. The van der Waals surface area contributed by atoms with E-state index in [0.29, 0.717) is 5.56 Å². The van der Waals surface area contributed by atoms with Crippen LogP contribution >= 0.6 is 0 Å². The zero-order valence-electron chi connectivity index (χ0n) is 11.9. The summed E-state index contributed by atoms with van der Waals surface area (Å²) in [5.41, 5.74) is -0.149. The molecule has 0 saturated carbocycles. The summed E-state index contributed by atoms with van der Waals surface area (Å²) < 4.78 is 10.1. The highest BCUT2D eigenvalue weighted by Crippen LogP contribution is 2.28. The SMILES string of the molecule is COc1cc(C(C#N)NC(=O)OC(C)(C)C)ccc1O. The summed E-state index contributed by atoms with van der Waals surface area (Å²) in [5, 5.41) is 21.1. The number of carbonyl (C=O) groups is 1. The topological polar surface area (TPSA) is 91.6 Å². The smallest absolute Gasteiger partial charge is 0.408 e. The van der Waals surface area contributed by atoms with Gasteiger partial charge in [-0.3, -0.25) is 0 Å². The van der Waals surface area contributed by atoms with Crippen LogP contribution in [-0.2, 0) is 4.74 Å². The van der Waals surface area contributed by atoms with Gasteiger partial charge in [0.1, 0.15) is 11.6 Å². The van der Waals surface area contributed by atoms with Gasteiger partial charge in [-0.15, -0.1) is 0 Å². The highest BCUT2D eigenvalue weighted by Gasteiger charge is 2.21. The van der Waals surface area contributed by atoms with E-state index in [1.165, 1.54) is 25.3 Å². The number of hydrogen-bond acceptors (Lipinski definition) is 5. The van der Waals surface area contributed by atoms with Crippen molar-refractivity contribution < 1.29 is 19.4 Å². The Balaban J connectivity index is 2.87. The number of amides is 1. The number of alkyl carbamates (subject to hydrolysis) is 1. The number of aromatic hydroxyl groups is 1. The molecule has 108 valence electrons. The molecule has 0 aliphatic heterocycles. The van der Waals surface area contributed by atoms with Gasteiger partial charge in [0, 0.05) is 0 Å². The molecular weight excluding hydrogens is 260 g/mol. The van der Waals surface area contributed by atoms with E-state index in [4.69, 9.17) is 14.7 Å². The number of ether oxygens (including phenoxy) is 2. The molecule has 0 bridgehead atoms. The first-order chi connectivity index (χ1) is 9.26. The fourth-order valence-corrected chi connectivity index (χ4v) is 1.49. The maximum Gasteiger partial charge on any atom is 0.408 e. The Hall–Kier alpha value is -2.42. The van der Waals surface area contributed by atoms with Gasteiger partial charge in [0.15, 0.2) is 11.5 Å². The molecule has 0 spiro atoms.